The zero-order valence-corrected chi connectivity index (χ0v) is 15.5. The number of hydrogen-bond acceptors (Lipinski definition) is 4. The van der Waals surface area contributed by atoms with E-state index in [4.69, 9.17) is 11.6 Å². The standard InChI is InChI=1S/C19H23ClN4O2/c1-24(14-15-6-3-2-4-7-15)11-5-9-22-18(25)13-23-19(26)17-12-16(20)8-10-21-17/h2-4,6-8,10,12H,5,9,11,13-14H2,1H3,(H,22,25)(H,23,26). The highest BCUT2D eigenvalue weighted by Crippen LogP contribution is 2.07. The number of nitrogens with one attached hydrogen (secondary N) is 2. The Morgan fingerprint density at radius 3 is 2.65 bits per heavy atom. The first kappa shape index (κ1) is 19.9. The second-order valence-electron chi connectivity index (χ2n) is 5.97. The Morgan fingerprint density at radius 1 is 1.15 bits per heavy atom. The summed E-state index contributed by atoms with van der Waals surface area (Å²) < 4.78 is 0. The van der Waals surface area contributed by atoms with E-state index < -0.39 is 5.91 Å². The van der Waals surface area contributed by atoms with Crippen LogP contribution in [0.1, 0.15) is 22.5 Å². The molecule has 26 heavy (non-hydrogen) atoms. The fourth-order valence-corrected chi connectivity index (χ4v) is 2.55. The van der Waals surface area contributed by atoms with Crippen LogP contribution in [0.5, 0.6) is 0 Å². The molecule has 0 saturated carbocycles. The van der Waals surface area contributed by atoms with Crippen LogP contribution in [0, 0.1) is 0 Å². The number of carbonyl (C=O) groups excluding carboxylic acids is 2. The van der Waals surface area contributed by atoms with Gasteiger partial charge in [0.1, 0.15) is 5.69 Å². The molecule has 2 N–H and O–H groups in total. The Hall–Kier alpha value is -2.44. The van der Waals surface area contributed by atoms with Gasteiger partial charge in [-0.05, 0) is 37.7 Å². The lowest BCUT2D eigenvalue weighted by Crippen LogP contribution is -2.38. The van der Waals surface area contributed by atoms with Gasteiger partial charge in [-0.2, -0.15) is 0 Å². The fraction of sp³-hybridized carbons (Fsp3) is 0.316. The fourth-order valence-electron chi connectivity index (χ4n) is 2.39. The largest absolute Gasteiger partial charge is 0.355 e. The summed E-state index contributed by atoms with van der Waals surface area (Å²) in [6, 6.07) is 13.3. The number of rotatable bonds is 9. The van der Waals surface area contributed by atoms with Gasteiger partial charge in [0.25, 0.3) is 5.91 Å². The predicted molar refractivity (Wildman–Crippen MR) is 102 cm³/mol. The molecule has 0 aliphatic heterocycles. The summed E-state index contributed by atoms with van der Waals surface area (Å²) in [6.45, 7) is 2.21. The van der Waals surface area contributed by atoms with E-state index in [0.29, 0.717) is 11.6 Å². The van der Waals surface area contributed by atoms with Crippen LogP contribution in [0.3, 0.4) is 0 Å². The van der Waals surface area contributed by atoms with Crippen molar-refractivity contribution in [3.05, 3.63) is 64.9 Å². The molecule has 0 unspecified atom stereocenters. The molecule has 0 saturated heterocycles. The van der Waals surface area contributed by atoms with E-state index in [1.54, 1.807) is 6.07 Å². The molecule has 6 nitrogen and oxygen atoms in total. The van der Waals surface area contributed by atoms with Crippen LogP contribution < -0.4 is 10.6 Å². The summed E-state index contributed by atoms with van der Waals surface area (Å²) in [5, 5.41) is 5.74. The van der Waals surface area contributed by atoms with E-state index in [2.05, 4.69) is 32.7 Å². The molecule has 1 heterocycles. The van der Waals surface area contributed by atoms with Crippen LogP contribution in [0.15, 0.2) is 48.7 Å². The van der Waals surface area contributed by atoms with Crippen molar-refractivity contribution in [2.24, 2.45) is 0 Å². The second-order valence-corrected chi connectivity index (χ2v) is 6.41. The number of nitrogens with zero attached hydrogens (tertiary/aromatic N) is 2. The maximum absolute atomic E-state index is 11.9. The highest BCUT2D eigenvalue weighted by Gasteiger charge is 2.09. The average molecular weight is 375 g/mol. The van der Waals surface area contributed by atoms with Gasteiger partial charge in [-0.1, -0.05) is 41.9 Å². The quantitative estimate of drug-likeness (QED) is 0.659. The minimum absolute atomic E-state index is 0.0904. The molecule has 1 aromatic heterocycles. The lowest BCUT2D eigenvalue weighted by molar-refractivity contribution is -0.120. The molecule has 138 valence electrons. The summed E-state index contributed by atoms with van der Waals surface area (Å²) in [4.78, 5) is 29.8. The van der Waals surface area contributed by atoms with E-state index >= 15 is 0 Å². The number of halogens is 1. The van der Waals surface area contributed by atoms with Crippen molar-refractivity contribution in [1.82, 2.24) is 20.5 Å². The smallest absolute Gasteiger partial charge is 0.270 e. The molecule has 0 spiro atoms. The molecular weight excluding hydrogens is 352 g/mol. The summed E-state index contributed by atoms with van der Waals surface area (Å²) in [6.07, 6.45) is 2.28. The monoisotopic (exact) mass is 374 g/mol. The SMILES string of the molecule is CN(CCCNC(=O)CNC(=O)c1cc(Cl)ccn1)Cc1ccccc1. The molecule has 2 amide bonds. The van der Waals surface area contributed by atoms with Crippen LogP contribution in [-0.2, 0) is 11.3 Å². The summed E-state index contributed by atoms with van der Waals surface area (Å²) in [5.41, 5.74) is 1.45. The third-order valence-electron chi connectivity index (χ3n) is 3.70. The van der Waals surface area contributed by atoms with Crippen molar-refractivity contribution in [3.63, 3.8) is 0 Å². The average Bonchev–Trinajstić information content (AvgIpc) is 2.64. The molecule has 2 rings (SSSR count). The minimum atomic E-state index is -0.426. The van der Waals surface area contributed by atoms with Crippen LogP contribution in [0.4, 0.5) is 0 Å². The lowest BCUT2D eigenvalue weighted by Gasteiger charge is -2.16. The van der Waals surface area contributed by atoms with Crippen LogP contribution in [-0.4, -0.2) is 48.4 Å². The molecule has 0 atom stereocenters. The van der Waals surface area contributed by atoms with Gasteiger partial charge in [-0.3, -0.25) is 14.6 Å². The normalized spacial score (nSPS) is 10.6. The van der Waals surface area contributed by atoms with Crippen molar-refractivity contribution in [2.75, 3.05) is 26.7 Å². The zero-order valence-electron chi connectivity index (χ0n) is 14.7. The summed E-state index contributed by atoms with van der Waals surface area (Å²) in [5.74, 6) is -0.656. The highest BCUT2D eigenvalue weighted by atomic mass is 35.5. The maximum Gasteiger partial charge on any atom is 0.270 e. The van der Waals surface area contributed by atoms with Crippen molar-refractivity contribution in [3.8, 4) is 0 Å². The zero-order chi connectivity index (χ0) is 18.8. The Bertz CT molecular complexity index is 724. The minimum Gasteiger partial charge on any atom is -0.355 e. The van der Waals surface area contributed by atoms with Crippen molar-refractivity contribution < 1.29 is 9.59 Å². The summed E-state index contributed by atoms with van der Waals surface area (Å²) >= 11 is 5.81. The van der Waals surface area contributed by atoms with Gasteiger partial charge < -0.3 is 15.5 Å². The molecule has 0 aliphatic carbocycles. The van der Waals surface area contributed by atoms with Crippen molar-refractivity contribution in [1.29, 1.82) is 0 Å². The first-order chi connectivity index (χ1) is 12.5. The number of pyridine rings is 1. The van der Waals surface area contributed by atoms with Crippen molar-refractivity contribution in [2.45, 2.75) is 13.0 Å². The van der Waals surface area contributed by atoms with Crippen molar-refractivity contribution >= 4 is 23.4 Å². The van der Waals surface area contributed by atoms with E-state index in [1.807, 2.05) is 25.2 Å². The Labute approximate surface area is 158 Å². The number of carbonyl (C=O) groups is 2. The Balaban J connectivity index is 1.59. The number of aromatic nitrogens is 1. The van der Waals surface area contributed by atoms with Crippen LogP contribution in [0.2, 0.25) is 5.02 Å². The highest BCUT2D eigenvalue weighted by molar-refractivity contribution is 6.30. The maximum atomic E-state index is 11.9. The van der Waals surface area contributed by atoms with Crippen LogP contribution in [0.25, 0.3) is 0 Å². The molecule has 2 aromatic rings. The van der Waals surface area contributed by atoms with Gasteiger partial charge in [0.05, 0.1) is 6.54 Å². The van der Waals surface area contributed by atoms with Gasteiger partial charge in [0, 0.05) is 24.3 Å². The van der Waals surface area contributed by atoms with Gasteiger partial charge in [0.2, 0.25) is 5.91 Å². The van der Waals surface area contributed by atoms with E-state index in [1.165, 1.54) is 17.8 Å². The third kappa shape index (κ3) is 7.21. The van der Waals surface area contributed by atoms with Gasteiger partial charge in [-0.15, -0.1) is 0 Å². The molecule has 0 bridgehead atoms. The number of benzene rings is 1. The second kappa shape index (κ2) is 10.5. The lowest BCUT2D eigenvalue weighted by atomic mass is 10.2. The first-order valence-corrected chi connectivity index (χ1v) is 8.81. The van der Waals surface area contributed by atoms with Gasteiger partial charge in [0.15, 0.2) is 0 Å². The number of hydrogen-bond donors (Lipinski definition) is 2. The molecule has 0 fully saturated rings. The Kier molecular flexibility index (Phi) is 8.05. The molecule has 0 radical (unpaired) electrons. The topological polar surface area (TPSA) is 74.3 Å². The van der Waals surface area contributed by atoms with Gasteiger partial charge >= 0.3 is 0 Å². The first-order valence-electron chi connectivity index (χ1n) is 8.43. The van der Waals surface area contributed by atoms with Gasteiger partial charge in [-0.25, -0.2) is 0 Å². The Morgan fingerprint density at radius 2 is 1.92 bits per heavy atom. The van der Waals surface area contributed by atoms with Crippen LogP contribution >= 0.6 is 11.6 Å². The molecular formula is C19H23ClN4O2. The predicted octanol–water partition coefficient (Wildman–Crippen LogP) is 2.10. The molecule has 7 heteroatoms. The van der Waals surface area contributed by atoms with E-state index in [0.717, 1.165) is 19.5 Å². The number of amides is 2. The molecule has 0 aliphatic rings. The third-order valence-corrected chi connectivity index (χ3v) is 3.93. The van der Waals surface area contributed by atoms with E-state index in [-0.39, 0.29) is 18.1 Å². The summed E-state index contributed by atoms with van der Waals surface area (Å²) in [7, 11) is 2.05. The molecule has 1 aromatic carbocycles. The van der Waals surface area contributed by atoms with E-state index in [9.17, 15) is 9.59 Å².